The predicted octanol–water partition coefficient (Wildman–Crippen LogP) is 6.58. The molecule has 1 N–H and O–H groups in total. The average molecular weight is 609 g/mol. The van der Waals surface area contributed by atoms with E-state index in [0.29, 0.717) is 18.2 Å². The quantitative estimate of drug-likeness (QED) is 0.197. The van der Waals surface area contributed by atoms with E-state index in [0.717, 1.165) is 78.1 Å². The van der Waals surface area contributed by atoms with Crippen LogP contribution in [0.25, 0.3) is 5.57 Å². The van der Waals surface area contributed by atoms with Gasteiger partial charge in [0.2, 0.25) is 0 Å². The van der Waals surface area contributed by atoms with Gasteiger partial charge in [0.05, 0.1) is 7.11 Å². The van der Waals surface area contributed by atoms with Crippen LogP contribution in [0.5, 0.6) is 17.2 Å². The van der Waals surface area contributed by atoms with Crippen molar-refractivity contribution in [2.75, 3.05) is 33.4 Å². The number of rotatable bonds is 11. The molecule has 1 heterocycles. The Morgan fingerprint density at radius 1 is 1.00 bits per heavy atom. The summed E-state index contributed by atoms with van der Waals surface area (Å²) in [7, 11) is 1.67. The Hall–Kier alpha value is -3.62. The Labute approximate surface area is 255 Å². The maximum absolute atomic E-state index is 14.4. The molecule has 0 radical (unpaired) electrons. The lowest BCUT2D eigenvalue weighted by Gasteiger charge is -2.27. The van der Waals surface area contributed by atoms with Crippen molar-refractivity contribution in [2.24, 2.45) is 11.8 Å². The zero-order valence-corrected chi connectivity index (χ0v) is 25.1. The lowest BCUT2D eigenvalue weighted by Crippen LogP contribution is -2.36. The van der Waals surface area contributed by atoms with Gasteiger partial charge >= 0.3 is 0 Å². The minimum absolute atomic E-state index is 0.00816. The summed E-state index contributed by atoms with van der Waals surface area (Å²) in [5.41, 5.74) is 5.23. The molecule has 0 bridgehead atoms. The number of nitrogens with one attached hydrogen (secondary N) is 1. The van der Waals surface area contributed by atoms with Crippen molar-refractivity contribution in [3.05, 3.63) is 93.5 Å². The Balaban J connectivity index is 1.18. The van der Waals surface area contributed by atoms with Crippen LogP contribution in [-0.2, 0) is 11.3 Å². The molecule has 0 unspecified atom stereocenters. The highest BCUT2D eigenvalue weighted by molar-refractivity contribution is 6.32. The molecular formula is C34H35ClF2N2O4. The van der Waals surface area contributed by atoms with Gasteiger partial charge in [-0.3, -0.25) is 4.79 Å². The van der Waals surface area contributed by atoms with E-state index in [4.69, 9.17) is 25.8 Å². The van der Waals surface area contributed by atoms with Gasteiger partial charge in [-0.15, -0.1) is 0 Å². The van der Waals surface area contributed by atoms with Gasteiger partial charge in [0.1, 0.15) is 35.6 Å². The topological polar surface area (TPSA) is 60.0 Å². The summed E-state index contributed by atoms with van der Waals surface area (Å²) in [6.07, 6.45) is 2.90. The zero-order chi connectivity index (χ0) is 30.1. The van der Waals surface area contributed by atoms with Crippen LogP contribution in [0.3, 0.4) is 0 Å². The molecule has 2 fully saturated rings. The van der Waals surface area contributed by atoms with Gasteiger partial charge in [0, 0.05) is 30.6 Å². The van der Waals surface area contributed by atoms with Gasteiger partial charge in [-0.1, -0.05) is 35.9 Å². The molecule has 6 rings (SSSR count). The third kappa shape index (κ3) is 6.08. The van der Waals surface area contributed by atoms with E-state index in [1.165, 1.54) is 0 Å². The van der Waals surface area contributed by atoms with Crippen molar-refractivity contribution >= 4 is 23.1 Å². The van der Waals surface area contributed by atoms with Crippen LogP contribution in [0.15, 0.2) is 60.2 Å². The highest BCUT2D eigenvalue weighted by Gasteiger charge is 2.44. The van der Waals surface area contributed by atoms with Gasteiger partial charge in [-0.25, -0.2) is 8.78 Å². The largest absolute Gasteiger partial charge is 0.496 e. The van der Waals surface area contributed by atoms with E-state index in [-0.39, 0.29) is 36.8 Å². The molecule has 1 amide bonds. The molecule has 226 valence electrons. The first-order valence-electron chi connectivity index (χ1n) is 14.7. The summed E-state index contributed by atoms with van der Waals surface area (Å²) < 4.78 is 44.2. The number of methoxy groups -OCH3 is 1. The Morgan fingerprint density at radius 2 is 1.74 bits per heavy atom. The highest BCUT2D eigenvalue weighted by atomic mass is 35.5. The third-order valence-electron chi connectivity index (χ3n) is 8.74. The first-order chi connectivity index (χ1) is 20.9. The number of hydrogen-bond donors (Lipinski definition) is 1. The van der Waals surface area contributed by atoms with Gasteiger partial charge in [-0.05, 0) is 91.2 Å². The van der Waals surface area contributed by atoms with Crippen LogP contribution in [0, 0.1) is 30.4 Å². The number of carbonyl (C=O) groups is 1. The van der Waals surface area contributed by atoms with E-state index >= 15 is 0 Å². The van der Waals surface area contributed by atoms with Crippen molar-refractivity contribution in [1.29, 1.82) is 0 Å². The van der Waals surface area contributed by atoms with Crippen molar-refractivity contribution < 1.29 is 27.8 Å². The Kier molecular flexibility index (Phi) is 8.59. The fourth-order valence-electron chi connectivity index (χ4n) is 6.28. The van der Waals surface area contributed by atoms with Crippen LogP contribution >= 0.6 is 11.6 Å². The van der Waals surface area contributed by atoms with Crippen LogP contribution in [0.2, 0.25) is 5.02 Å². The molecule has 1 aliphatic heterocycles. The monoisotopic (exact) mass is 608 g/mol. The molecule has 2 atom stereocenters. The molecule has 6 nitrogen and oxygen atoms in total. The fraction of sp³-hybridized carbons (Fsp3) is 0.382. The number of nitrogens with zero attached hydrogens (tertiary/aromatic N) is 1. The molecule has 0 spiro atoms. The standard InChI is InChI=1S/C34H35ClF2N2O4/c1-20-22(4-3-5-30(20)41-2)19-39(24-8-9-24)34(40)31-26(16-23-17-38-18-27(23)31)21-6-10-25(11-7-21)42-14-15-43-33-29(37)13-12-28(36)32(33)35/h3-7,10-13,23-24,27,38H,8-9,14-19H2,1-2H3/t23-,27+/m0/s1. The molecule has 0 aromatic heterocycles. The summed E-state index contributed by atoms with van der Waals surface area (Å²) in [6, 6.07) is 15.9. The van der Waals surface area contributed by atoms with Gasteiger partial charge in [-0.2, -0.15) is 0 Å². The Bertz CT molecular complexity index is 1540. The summed E-state index contributed by atoms with van der Waals surface area (Å²) in [6.45, 7) is 4.43. The summed E-state index contributed by atoms with van der Waals surface area (Å²) >= 11 is 5.82. The van der Waals surface area contributed by atoms with Crippen molar-refractivity contribution in [3.63, 3.8) is 0 Å². The van der Waals surface area contributed by atoms with Crippen molar-refractivity contribution in [3.8, 4) is 17.2 Å². The van der Waals surface area contributed by atoms with Crippen LogP contribution in [-0.4, -0.2) is 50.3 Å². The third-order valence-corrected chi connectivity index (χ3v) is 9.09. The molecule has 9 heteroatoms. The summed E-state index contributed by atoms with van der Waals surface area (Å²) in [5, 5.41) is 3.10. The predicted molar refractivity (Wildman–Crippen MR) is 161 cm³/mol. The molecule has 1 saturated heterocycles. The summed E-state index contributed by atoms with van der Waals surface area (Å²) in [4.78, 5) is 16.4. The van der Waals surface area contributed by atoms with E-state index in [9.17, 15) is 13.6 Å². The van der Waals surface area contributed by atoms with E-state index in [1.54, 1.807) is 7.11 Å². The fourth-order valence-corrected chi connectivity index (χ4v) is 6.49. The average Bonchev–Trinajstić information content (AvgIpc) is 3.64. The number of allylic oxidation sites excluding steroid dienone is 1. The molecular weight excluding hydrogens is 574 g/mol. The van der Waals surface area contributed by atoms with Crippen molar-refractivity contribution in [2.45, 2.75) is 38.8 Å². The first-order valence-corrected chi connectivity index (χ1v) is 15.1. The van der Waals surface area contributed by atoms with Gasteiger partial charge < -0.3 is 24.4 Å². The number of amides is 1. The Morgan fingerprint density at radius 3 is 2.49 bits per heavy atom. The lowest BCUT2D eigenvalue weighted by atomic mass is 9.93. The van der Waals surface area contributed by atoms with Crippen LogP contribution < -0.4 is 19.5 Å². The number of ether oxygens (including phenoxy) is 3. The van der Waals surface area contributed by atoms with Crippen LogP contribution in [0.4, 0.5) is 8.78 Å². The smallest absolute Gasteiger partial charge is 0.250 e. The normalized spacial score (nSPS) is 19.4. The van der Waals surface area contributed by atoms with Crippen LogP contribution in [0.1, 0.15) is 36.0 Å². The molecule has 2 aliphatic carbocycles. The molecule has 43 heavy (non-hydrogen) atoms. The second kappa shape index (κ2) is 12.5. The molecule has 3 aromatic carbocycles. The van der Waals surface area contributed by atoms with E-state index in [2.05, 4.69) is 16.3 Å². The number of benzene rings is 3. The minimum Gasteiger partial charge on any atom is -0.496 e. The first kappa shape index (κ1) is 29.5. The number of carbonyl (C=O) groups excluding carboxylic acids is 1. The summed E-state index contributed by atoms with van der Waals surface area (Å²) in [5.74, 6) is 0.369. The van der Waals surface area contributed by atoms with E-state index < -0.39 is 16.7 Å². The molecule has 3 aliphatic rings. The minimum atomic E-state index is -0.746. The number of hydrogen-bond acceptors (Lipinski definition) is 5. The second-order valence-electron chi connectivity index (χ2n) is 11.4. The van der Waals surface area contributed by atoms with Gasteiger partial charge in [0.25, 0.3) is 5.91 Å². The maximum Gasteiger partial charge on any atom is 0.250 e. The van der Waals surface area contributed by atoms with Crippen molar-refractivity contribution in [1.82, 2.24) is 10.2 Å². The number of halogens is 3. The van der Waals surface area contributed by atoms with Gasteiger partial charge in [0.15, 0.2) is 11.6 Å². The second-order valence-corrected chi connectivity index (χ2v) is 11.8. The van der Waals surface area contributed by atoms with E-state index in [1.807, 2.05) is 43.3 Å². The lowest BCUT2D eigenvalue weighted by molar-refractivity contribution is -0.128. The highest BCUT2D eigenvalue weighted by Crippen LogP contribution is 2.46. The molecule has 3 aromatic rings. The maximum atomic E-state index is 14.4. The number of fused-ring (bicyclic) bond motifs is 1. The SMILES string of the molecule is COc1cccc(CN(C(=O)C2=C(c3ccc(OCCOc4c(F)ccc(F)c4Cl)cc3)C[C@H]3CNC[C@@H]23)C2CC2)c1C. The zero-order valence-electron chi connectivity index (χ0n) is 24.3. The molecule has 1 saturated carbocycles.